The first kappa shape index (κ1) is 12.8. The van der Waals surface area contributed by atoms with Crippen molar-refractivity contribution in [2.45, 2.75) is 13.5 Å². The second kappa shape index (κ2) is 4.93. The number of hydrogen-bond donors (Lipinski definition) is 1. The van der Waals surface area contributed by atoms with Crippen molar-refractivity contribution < 1.29 is 8.42 Å². The van der Waals surface area contributed by atoms with Gasteiger partial charge in [-0.25, -0.2) is 8.42 Å². The van der Waals surface area contributed by atoms with E-state index < -0.39 is 10.0 Å². The molecule has 2 rings (SSSR count). The monoisotopic (exact) mass is 268 g/mol. The highest BCUT2D eigenvalue weighted by Crippen LogP contribution is 2.08. The lowest BCUT2D eigenvalue weighted by molar-refractivity contribution is 0.443. The molecule has 0 radical (unpaired) electrons. The topological polar surface area (TPSA) is 74.7 Å². The molecule has 1 aromatic heterocycles. The van der Waals surface area contributed by atoms with Gasteiger partial charge in [0.2, 0.25) is 16.0 Å². The maximum Gasteiger partial charge on any atom is 0.232 e. The maximum absolute atomic E-state index is 11.2. The normalized spacial score (nSPS) is 15.7. The van der Waals surface area contributed by atoms with Gasteiger partial charge in [0, 0.05) is 25.0 Å². The number of aromatic nitrogens is 1. The third-order valence-electron chi connectivity index (χ3n) is 2.55. The summed E-state index contributed by atoms with van der Waals surface area (Å²) in [5, 5.41) is 0. The van der Waals surface area contributed by atoms with Crippen molar-refractivity contribution in [3.05, 3.63) is 29.6 Å². The number of aryl methyl sites for hydroxylation is 1. The van der Waals surface area contributed by atoms with Crippen LogP contribution in [0.25, 0.3) is 0 Å². The smallest absolute Gasteiger partial charge is 0.232 e. The lowest BCUT2D eigenvalue weighted by atomic mass is 10.2. The summed E-state index contributed by atoms with van der Waals surface area (Å²) in [6, 6.07) is 3.92. The van der Waals surface area contributed by atoms with Gasteiger partial charge < -0.3 is 4.90 Å². The predicted octanol–water partition coefficient (Wildman–Crippen LogP) is 0.111. The fourth-order valence-electron chi connectivity index (χ4n) is 1.71. The van der Waals surface area contributed by atoms with Gasteiger partial charge in [-0.3, -0.25) is 14.7 Å². The second-order valence-electron chi connectivity index (χ2n) is 4.31. The highest BCUT2D eigenvalue weighted by molar-refractivity contribution is 7.89. The zero-order valence-electron chi connectivity index (χ0n) is 10.4. The molecule has 1 aliphatic rings. The quantitative estimate of drug-likeness (QED) is 0.844. The van der Waals surface area contributed by atoms with Gasteiger partial charge in [-0.2, -0.15) is 0 Å². The van der Waals surface area contributed by atoms with Crippen molar-refractivity contribution >= 4 is 16.0 Å². The van der Waals surface area contributed by atoms with E-state index in [9.17, 15) is 8.42 Å². The molecule has 0 spiro atoms. The highest BCUT2D eigenvalue weighted by Gasteiger charge is 2.19. The first-order valence-electron chi connectivity index (χ1n) is 5.63. The summed E-state index contributed by atoms with van der Waals surface area (Å²) in [4.78, 5) is 10.3. The van der Waals surface area contributed by atoms with Crippen molar-refractivity contribution in [3.8, 4) is 0 Å². The molecule has 0 atom stereocenters. The van der Waals surface area contributed by atoms with E-state index in [1.54, 1.807) is 6.20 Å². The van der Waals surface area contributed by atoms with Crippen LogP contribution < -0.4 is 4.72 Å². The Balaban J connectivity index is 2.05. The number of nitrogens with zero attached hydrogens (tertiary/aromatic N) is 3. The molecule has 0 bridgehead atoms. The molecule has 7 heteroatoms. The summed E-state index contributed by atoms with van der Waals surface area (Å²) < 4.78 is 24.8. The number of guanidine groups is 1. The Morgan fingerprint density at radius 3 is 2.83 bits per heavy atom. The summed E-state index contributed by atoms with van der Waals surface area (Å²) in [6.45, 7) is 3.86. The molecule has 1 aromatic rings. The SMILES string of the molecule is Cc1ccc(CN2CCN=C2NS(C)(=O)=O)cn1. The van der Waals surface area contributed by atoms with Crippen LogP contribution in [0.4, 0.5) is 0 Å². The zero-order valence-corrected chi connectivity index (χ0v) is 11.2. The van der Waals surface area contributed by atoms with E-state index in [1.807, 2.05) is 24.0 Å². The van der Waals surface area contributed by atoms with Gasteiger partial charge in [-0.15, -0.1) is 0 Å². The summed E-state index contributed by atoms with van der Waals surface area (Å²) in [5.74, 6) is 0.415. The van der Waals surface area contributed by atoms with E-state index in [0.29, 0.717) is 25.6 Å². The Morgan fingerprint density at radius 1 is 1.44 bits per heavy atom. The lowest BCUT2D eigenvalue weighted by Gasteiger charge is -2.20. The summed E-state index contributed by atoms with van der Waals surface area (Å²) in [5.41, 5.74) is 1.99. The third kappa shape index (κ3) is 3.43. The number of aliphatic imine (C=N–C) groups is 1. The lowest BCUT2D eigenvalue weighted by Crippen LogP contribution is -2.40. The average Bonchev–Trinajstić information content (AvgIpc) is 2.67. The van der Waals surface area contributed by atoms with Gasteiger partial charge in [0.1, 0.15) is 0 Å². The molecule has 18 heavy (non-hydrogen) atoms. The van der Waals surface area contributed by atoms with E-state index >= 15 is 0 Å². The summed E-state index contributed by atoms with van der Waals surface area (Å²) in [7, 11) is -3.28. The Hall–Kier alpha value is -1.63. The van der Waals surface area contributed by atoms with Crippen molar-refractivity contribution in [3.63, 3.8) is 0 Å². The molecular weight excluding hydrogens is 252 g/mol. The van der Waals surface area contributed by atoms with Gasteiger partial charge in [-0.1, -0.05) is 6.07 Å². The molecule has 0 aromatic carbocycles. The van der Waals surface area contributed by atoms with Crippen molar-refractivity contribution in [2.75, 3.05) is 19.3 Å². The number of nitrogens with one attached hydrogen (secondary N) is 1. The number of rotatable bonds is 3. The van der Waals surface area contributed by atoms with Gasteiger partial charge >= 0.3 is 0 Å². The van der Waals surface area contributed by atoms with E-state index in [1.165, 1.54) is 0 Å². The van der Waals surface area contributed by atoms with Crippen molar-refractivity contribution in [1.29, 1.82) is 0 Å². The van der Waals surface area contributed by atoms with Gasteiger partial charge in [0.25, 0.3) is 0 Å². The van der Waals surface area contributed by atoms with Gasteiger partial charge in [-0.05, 0) is 18.6 Å². The molecule has 0 saturated heterocycles. The molecule has 1 N–H and O–H groups in total. The second-order valence-corrected chi connectivity index (χ2v) is 6.06. The summed E-state index contributed by atoms with van der Waals surface area (Å²) >= 11 is 0. The Morgan fingerprint density at radius 2 is 2.22 bits per heavy atom. The molecule has 6 nitrogen and oxygen atoms in total. The molecule has 0 aliphatic carbocycles. The van der Waals surface area contributed by atoms with Crippen LogP contribution in [0.2, 0.25) is 0 Å². The minimum absolute atomic E-state index is 0.415. The number of pyridine rings is 1. The zero-order chi connectivity index (χ0) is 13.2. The van der Waals surface area contributed by atoms with E-state index in [0.717, 1.165) is 17.5 Å². The van der Waals surface area contributed by atoms with Gasteiger partial charge in [0.05, 0.1) is 12.8 Å². The van der Waals surface area contributed by atoms with Crippen molar-refractivity contribution in [1.82, 2.24) is 14.6 Å². The highest BCUT2D eigenvalue weighted by atomic mass is 32.2. The van der Waals surface area contributed by atoms with E-state index in [-0.39, 0.29) is 0 Å². The Labute approximate surface area is 107 Å². The fourth-order valence-corrected chi connectivity index (χ4v) is 2.24. The standard InChI is InChI=1S/C11H16N4O2S/c1-9-3-4-10(7-13-9)8-15-6-5-12-11(15)14-18(2,16)17/h3-4,7H,5-6,8H2,1-2H3,(H,12,14). The first-order chi connectivity index (χ1) is 8.44. The number of hydrogen-bond acceptors (Lipinski definition) is 5. The van der Waals surface area contributed by atoms with Crippen LogP contribution in [0.5, 0.6) is 0 Å². The molecule has 2 heterocycles. The van der Waals surface area contributed by atoms with Crippen LogP contribution in [-0.2, 0) is 16.6 Å². The van der Waals surface area contributed by atoms with E-state index in [2.05, 4.69) is 14.7 Å². The van der Waals surface area contributed by atoms with Crippen LogP contribution >= 0.6 is 0 Å². The van der Waals surface area contributed by atoms with Crippen LogP contribution in [-0.4, -0.2) is 43.6 Å². The number of sulfonamides is 1. The molecule has 0 unspecified atom stereocenters. The third-order valence-corrected chi connectivity index (χ3v) is 3.11. The predicted molar refractivity (Wildman–Crippen MR) is 69.7 cm³/mol. The largest absolute Gasteiger partial charge is 0.336 e. The van der Waals surface area contributed by atoms with Crippen LogP contribution in [0, 0.1) is 6.92 Å². The molecular formula is C11H16N4O2S. The van der Waals surface area contributed by atoms with Gasteiger partial charge in [0.15, 0.2) is 0 Å². The minimum Gasteiger partial charge on any atom is -0.336 e. The molecule has 0 saturated carbocycles. The van der Waals surface area contributed by atoms with E-state index in [4.69, 9.17) is 0 Å². The first-order valence-corrected chi connectivity index (χ1v) is 7.52. The molecule has 0 fully saturated rings. The Bertz CT molecular complexity index is 551. The molecule has 1 aliphatic heterocycles. The molecule has 98 valence electrons. The minimum atomic E-state index is -3.28. The molecule has 0 amide bonds. The van der Waals surface area contributed by atoms with Crippen LogP contribution in [0.3, 0.4) is 0 Å². The average molecular weight is 268 g/mol. The van der Waals surface area contributed by atoms with Crippen molar-refractivity contribution in [2.24, 2.45) is 4.99 Å². The summed E-state index contributed by atoms with van der Waals surface area (Å²) in [6.07, 6.45) is 2.92. The van der Waals surface area contributed by atoms with Crippen LogP contribution in [0.1, 0.15) is 11.3 Å². The van der Waals surface area contributed by atoms with Crippen LogP contribution in [0.15, 0.2) is 23.3 Å². The Kier molecular flexibility index (Phi) is 3.51. The fraction of sp³-hybridized carbons (Fsp3) is 0.455. The maximum atomic E-state index is 11.2.